The van der Waals surface area contributed by atoms with Gasteiger partial charge in [0.1, 0.15) is 38.0 Å². The van der Waals surface area contributed by atoms with E-state index in [0.29, 0.717) is 39.8 Å². The van der Waals surface area contributed by atoms with Gasteiger partial charge in [-0.05, 0) is 17.7 Å². The van der Waals surface area contributed by atoms with E-state index in [0.717, 1.165) is 23.8 Å². The van der Waals surface area contributed by atoms with Crippen LogP contribution in [0.3, 0.4) is 0 Å². The lowest BCUT2D eigenvalue weighted by molar-refractivity contribution is -0.139. The first-order valence-electron chi connectivity index (χ1n) is 11.0. The van der Waals surface area contributed by atoms with Crippen LogP contribution in [-0.2, 0) is 35.0 Å². The molecular formula is C25H27N3O7S2. The van der Waals surface area contributed by atoms with Gasteiger partial charge in [-0.3, -0.25) is 0 Å². The van der Waals surface area contributed by atoms with Crippen LogP contribution in [0.2, 0.25) is 0 Å². The number of aromatic nitrogens is 3. The molecule has 0 aliphatic carbocycles. The average molecular weight is 546 g/mol. The minimum Gasteiger partial charge on any atom is -0.490 e. The van der Waals surface area contributed by atoms with Crippen molar-refractivity contribution in [2.45, 2.75) is 16.7 Å². The van der Waals surface area contributed by atoms with Gasteiger partial charge in [-0.15, -0.1) is 0 Å². The van der Waals surface area contributed by atoms with Crippen LogP contribution in [0.15, 0.2) is 72.5 Å². The van der Waals surface area contributed by atoms with Crippen LogP contribution in [0.1, 0.15) is 11.4 Å². The molecule has 0 bridgehead atoms. The van der Waals surface area contributed by atoms with Crippen molar-refractivity contribution in [1.82, 2.24) is 15.0 Å². The highest BCUT2D eigenvalue weighted by Gasteiger charge is 2.11. The highest BCUT2D eigenvalue weighted by atomic mass is 32.2. The summed E-state index contributed by atoms with van der Waals surface area (Å²) >= 11 is 2.64. The van der Waals surface area contributed by atoms with E-state index in [4.69, 9.17) is 18.9 Å². The number of hydrogen-bond acceptors (Lipinski definition) is 12. The van der Waals surface area contributed by atoms with E-state index in [9.17, 15) is 14.4 Å². The molecule has 0 N–H and O–H groups in total. The molecule has 0 fully saturated rings. The van der Waals surface area contributed by atoms with Crippen LogP contribution >= 0.6 is 23.5 Å². The van der Waals surface area contributed by atoms with Crippen molar-refractivity contribution >= 4 is 41.4 Å². The molecule has 2 aromatic rings. The van der Waals surface area contributed by atoms with Crippen LogP contribution < -0.4 is 4.74 Å². The van der Waals surface area contributed by atoms with E-state index in [1.165, 1.54) is 23.5 Å². The predicted molar refractivity (Wildman–Crippen MR) is 139 cm³/mol. The maximum absolute atomic E-state index is 11.2. The monoisotopic (exact) mass is 545 g/mol. The third-order valence-electron chi connectivity index (χ3n) is 4.12. The lowest BCUT2D eigenvalue weighted by Crippen LogP contribution is -2.10. The van der Waals surface area contributed by atoms with Crippen molar-refractivity contribution in [2.75, 3.05) is 37.9 Å². The Bertz CT molecular complexity index is 1070. The summed E-state index contributed by atoms with van der Waals surface area (Å²) in [5.41, 5.74) is 0.901. The van der Waals surface area contributed by atoms with Gasteiger partial charge in [-0.25, -0.2) is 24.4 Å². The molecule has 196 valence electrons. The van der Waals surface area contributed by atoms with Crippen LogP contribution in [0.4, 0.5) is 0 Å². The van der Waals surface area contributed by atoms with Gasteiger partial charge in [0.2, 0.25) is 0 Å². The van der Waals surface area contributed by atoms with E-state index in [2.05, 4.69) is 34.7 Å². The Morgan fingerprint density at radius 3 is 1.84 bits per heavy atom. The third kappa shape index (κ3) is 12.2. The molecular weight excluding hydrogens is 518 g/mol. The van der Waals surface area contributed by atoms with Crippen LogP contribution in [-0.4, -0.2) is 70.8 Å². The maximum atomic E-state index is 11.2. The lowest BCUT2D eigenvalue weighted by atomic mass is 10.1. The molecule has 0 radical (unpaired) electrons. The molecule has 1 aromatic heterocycles. The zero-order chi connectivity index (χ0) is 26.9. The summed E-state index contributed by atoms with van der Waals surface area (Å²) in [6, 6.07) is 7.40. The summed E-state index contributed by atoms with van der Waals surface area (Å²) in [4.78, 5) is 47.1. The third-order valence-corrected chi connectivity index (χ3v) is 5.74. The highest BCUT2D eigenvalue weighted by molar-refractivity contribution is 7.99. The number of thioether (sulfide) groups is 2. The fourth-order valence-corrected chi connectivity index (χ4v) is 3.94. The average Bonchev–Trinajstić information content (AvgIpc) is 2.91. The molecule has 12 heteroatoms. The fraction of sp³-hybridized carbons (Fsp3) is 0.280. The molecule has 0 atom stereocenters. The molecule has 0 aliphatic heterocycles. The van der Waals surface area contributed by atoms with Crippen molar-refractivity contribution < 1.29 is 33.3 Å². The first-order valence-corrected chi connectivity index (χ1v) is 13.0. The quantitative estimate of drug-likeness (QED) is 0.0952. The molecule has 0 spiro atoms. The fourth-order valence-electron chi connectivity index (χ4n) is 2.54. The van der Waals surface area contributed by atoms with Crippen LogP contribution in [0, 0.1) is 0 Å². The SMILES string of the molecule is C=CC(=O)OCCOc1cccc(Cc2nc(SCCOC(=O)C=C)nc(SCCOC(=O)C=C)n2)c1. The molecule has 0 saturated heterocycles. The van der Waals surface area contributed by atoms with E-state index in [1.807, 2.05) is 18.2 Å². The molecule has 0 saturated carbocycles. The second-order valence-electron chi connectivity index (χ2n) is 6.80. The number of hydrogen-bond donors (Lipinski definition) is 0. The Balaban J connectivity index is 2.05. The molecule has 0 amide bonds. The molecule has 0 unspecified atom stereocenters. The molecule has 1 aromatic carbocycles. The molecule has 37 heavy (non-hydrogen) atoms. The van der Waals surface area contributed by atoms with E-state index in [1.54, 1.807) is 6.07 Å². The Morgan fingerprint density at radius 2 is 1.30 bits per heavy atom. The Morgan fingerprint density at radius 1 is 0.757 bits per heavy atom. The number of carbonyl (C=O) groups is 3. The maximum Gasteiger partial charge on any atom is 0.330 e. The second kappa shape index (κ2) is 16.9. The summed E-state index contributed by atoms with van der Waals surface area (Å²) in [7, 11) is 0. The Kier molecular flexibility index (Phi) is 13.5. The zero-order valence-electron chi connectivity index (χ0n) is 20.1. The Hall–Kier alpha value is -3.64. The summed E-state index contributed by atoms with van der Waals surface area (Å²) < 4.78 is 20.5. The summed E-state index contributed by atoms with van der Waals surface area (Å²) in [5.74, 6) is 0.536. The van der Waals surface area contributed by atoms with Gasteiger partial charge in [-0.2, -0.15) is 4.98 Å². The number of esters is 3. The van der Waals surface area contributed by atoms with Gasteiger partial charge in [0.15, 0.2) is 10.3 Å². The van der Waals surface area contributed by atoms with Gasteiger partial charge < -0.3 is 18.9 Å². The smallest absolute Gasteiger partial charge is 0.330 e. The molecule has 10 nitrogen and oxygen atoms in total. The summed E-state index contributed by atoms with van der Waals surface area (Å²) in [5, 5.41) is 0.948. The minimum atomic E-state index is -0.507. The number of ether oxygens (including phenoxy) is 4. The standard InChI is InChI=1S/C25H27N3O7S2/c1-4-21(29)33-11-10-32-19-9-7-8-18(16-19)17-20-26-24(36-14-12-34-22(30)5-2)28-25(27-20)37-15-13-35-23(31)6-3/h4-9,16H,1-3,10-15,17H2. The van der Waals surface area contributed by atoms with Gasteiger partial charge in [-0.1, -0.05) is 55.4 Å². The number of nitrogens with zero attached hydrogens (tertiary/aromatic N) is 3. The second-order valence-corrected chi connectivity index (χ2v) is 8.93. The molecule has 1 heterocycles. The van der Waals surface area contributed by atoms with E-state index in [-0.39, 0.29) is 26.4 Å². The first kappa shape index (κ1) is 29.6. The van der Waals surface area contributed by atoms with Crippen molar-refractivity contribution in [3.63, 3.8) is 0 Å². The van der Waals surface area contributed by atoms with Gasteiger partial charge in [0, 0.05) is 36.2 Å². The topological polar surface area (TPSA) is 127 Å². The highest BCUT2D eigenvalue weighted by Crippen LogP contribution is 2.21. The zero-order valence-corrected chi connectivity index (χ0v) is 21.8. The summed E-state index contributed by atoms with van der Waals surface area (Å²) in [6.45, 7) is 10.7. The predicted octanol–water partition coefficient (Wildman–Crippen LogP) is 3.21. The lowest BCUT2D eigenvalue weighted by Gasteiger charge is -2.09. The number of carbonyl (C=O) groups excluding carboxylic acids is 3. The van der Waals surface area contributed by atoms with Crippen molar-refractivity contribution in [3.05, 3.63) is 73.6 Å². The van der Waals surface area contributed by atoms with E-state index < -0.39 is 17.9 Å². The van der Waals surface area contributed by atoms with E-state index >= 15 is 0 Å². The minimum absolute atomic E-state index is 0.105. The van der Waals surface area contributed by atoms with Gasteiger partial charge in [0.25, 0.3) is 0 Å². The van der Waals surface area contributed by atoms with Crippen molar-refractivity contribution in [3.8, 4) is 5.75 Å². The van der Waals surface area contributed by atoms with Crippen LogP contribution in [0.25, 0.3) is 0 Å². The molecule has 2 rings (SSSR count). The van der Waals surface area contributed by atoms with Gasteiger partial charge >= 0.3 is 17.9 Å². The van der Waals surface area contributed by atoms with Gasteiger partial charge in [0.05, 0.1) is 0 Å². The van der Waals surface area contributed by atoms with Crippen molar-refractivity contribution in [2.24, 2.45) is 0 Å². The normalized spacial score (nSPS) is 10.2. The van der Waals surface area contributed by atoms with Crippen LogP contribution in [0.5, 0.6) is 5.75 Å². The molecule has 0 aliphatic rings. The largest absolute Gasteiger partial charge is 0.490 e. The summed E-state index contributed by atoms with van der Waals surface area (Å²) in [6.07, 6.45) is 3.70. The number of benzene rings is 1. The number of rotatable bonds is 17. The Labute approximate surface area is 223 Å². The first-order chi connectivity index (χ1) is 17.9. The van der Waals surface area contributed by atoms with Crippen molar-refractivity contribution in [1.29, 1.82) is 0 Å².